The molecule has 1 atom stereocenters. The molecule has 13 heteroatoms. The van der Waals surface area contributed by atoms with Crippen molar-refractivity contribution in [3.8, 4) is 16.9 Å². The minimum absolute atomic E-state index is 0.0198. The number of aromatic nitrogens is 3. The lowest BCUT2D eigenvalue weighted by molar-refractivity contribution is -0.113. The quantitative estimate of drug-likeness (QED) is 0.151. The number of methoxy groups -OCH3 is 1. The van der Waals surface area contributed by atoms with E-state index in [-0.39, 0.29) is 22.2 Å². The second-order valence-electron chi connectivity index (χ2n) is 8.11. The van der Waals surface area contributed by atoms with Crippen molar-refractivity contribution in [2.75, 3.05) is 18.2 Å². The zero-order chi connectivity index (χ0) is 28.1. The molecule has 2 heterocycles. The molecule has 0 aliphatic rings. The van der Waals surface area contributed by atoms with Gasteiger partial charge in [0.25, 0.3) is 0 Å². The van der Waals surface area contributed by atoms with Crippen LogP contribution in [0.3, 0.4) is 0 Å². The average Bonchev–Trinajstić information content (AvgIpc) is 3.53. The van der Waals surface area contributed by atoms with Crippen LogP contribution in [0.1, 0.15) is 36.1 Å². The third kappa shape index (κ3) is 6.73. The molecule has 2 aromatic carbocycles. The Hall–Kier alpha value is -3.12. The van der Waals surface area contributed by atoms with E-state index < -0.39 is 17.9 Å². The Morgan fingerprint density at radius 2 is 1.92 bits per heavy atom. The molecule has 0 aliphatic carbocycles. The summed E-state index contributed by atoms with van der Waals surface area (Å²) in [4.78, 5) is 25.4. The van der Waals surface area contributed by atoms with Gasteiger partial charge in [-0.05, 0) is 49.7 Å². The first-order valence-electron chi connectivity index (χ1n) is 11.6. The highest BCUT2D eigenvalue weighted by Crippen LogP contribution is 2.37. The predicted octanol–water partition coefficient (Wildman–Crippen LogP) is 7.13. The minimum Gasteiger partial charge on any atom is -0.481 e. The van der Waals surface area contributed by atoms with Crippen molar-refractivity contribution in [3.05, 3.63) is 75.1 Å². The summed E-state index contributed by atoms with van der Waals surface area (Å²) >= 11 is 14.5. The lowest BCUT2D eigenvalue weighted by Gasteiger charge is -2.16. The van der Waals surface area contributed by atoms with Crippen molar-refractivity contribution in [2.45, 2.75) is 31.7 Å². The zero-order valence-corrected chi connectivity index (χ0v) is 24.2. The summed E-state index contributed by atoms with van der Waals surface area (Å²) in [6, 6.07) is 10.9. The first kappa shape index (κ1) is 28.9. The fourth-order valence-electron chi connectivity index (χ4n) is 3.71. The van der Waals surface area contributed by atoms with Gasteiger partial charge in [-0.3, -0.25) is 4.79 Å². The fraction of sp³-hybridized carbons (Fsp3) is 0.231. The van der Waals surface area contributed by atoms with Crippen LogP contribution < -0.4 is 10.1 Å². The van der Waals surface area contributed by atoms with Gasteiger partial charge >= 0.3 is 5.97 Å². The van der Waals surface area contributed by atoms with E-state index in [1.165, 1.54) is 48.4 Å². The van der Waals surface area contributed by atoms with Gasteiger partial charge in [0.15, 0.2) is 17.1 Å². The third-order valence-electron chi connectivity index (χ3n) is 5.54. The second kappa shape index (κ2) is 12.8. The molecule has 0 radical (unpaired) electrons. The van der Waals surface area contributed by atoms with Gasteiger partial charge in [0.05, 0.1) is 17.9 Å². The van der Waals surface area contributed by atoms with Crippen molar-refractivity contribution in [3.63, 3.8) is 0 Å². The molecular weight excluding hydrogens is 586 g/mol. The molecule has 0 spiro atoms. The monoisotopic (exact) mass is 608 g/mol. The maximum absolute atomic E-state index is 13.4. The molecule has 2 aromatic heterocycles. The van der Waals surface area contributed by atoms with Crippen LogP contribution in [-0.4, -0.2) is 39.5 Å². The van der Waals surface area contributed by atoms with Crippen LogP contribution in [0, 0.1) is 5.82 Å². The number of carbonyl (C=O) groups is 2. The number of esters is 1. The van der Waals surface area contributed by atoms with E-state index in [9.17, 15) is 14.0 Å². The molecular formula is C26H23Cl2FN4O4S2. The fourth-order valence-corrected chi connectivity index (χ4v) is 5.83. The SMILES string of the molecule is CCn1c(SCC(=O)Nc2scc(-c3ccc(Cl)cc3)c2C(=O)OC)nnc1C(C)Oc1ccc(F)cc1Cl. The van der Waals surface area contributed by atoms with E-state index >= 15 is 0 Å². The first-order chi connectivity index (χ1) is 18.7. The van der Waals surface area contributed by atoms with Crippen LogP contribution in [0.25, 0.3) is 11.1 Å². The number of thiophene rings is 1. The van der Waals surface area contributed by atoms with Gasteiger partial charge in [0.2, 0.25) is 5.91 Å². The normalized spacial score (nSPS) is 11.7. The number of nitrogens with zero attached hydrogens (tertiary/aromatic N) is 3. The van der Waals surface area contributed by atoms with Crippen molar-refractivity contribution >= 4 is 63.2 Å². The number of ether oxygens (including phenoxy) is 2. The number of thioether (sulfide) groups is 1. The van der Waals surface area contributed by atoms with Crippen LogP contribution in [0.2, 0.25) is 10.0 Å². The van der Waals surface area contributed by atoms with Gasteiger partial charge < -0.3 is 19.4 Å². The number of carbonyl (C=O) groups excluding carboxylic acids is 2. The predicted molar refractivity (Wildman–Crippen MR) is 152 cm³/mol. The molecule has 39 heavy (non-hydrogen) atoms. The summed E-state index contributed by atoms with van der Waals surface area (Å²) in [7, 11) is 1.29. The second-order valence-corrected chi connectivity index (χ2v) is 10.8. The van der Waals surface area contributed by atoms with E-state index in [1.807, 2.05) is 11.5 Å². The van der Waals surface area contributed by atoms with E-state index in [1.54, 1.807) is 36.6 Å². The van der Waals surface area contributed by atoms with Crippen LogP contribution >= 0.6 is 46.3 Å². The molecule has 4 rings (SSSR count). The average molecular weight is 610 g/mol. The Labute approximate surface area is 242 Å². The van der Waals surface area contributed by atoms with Crippen LogP contribution in [0.4, 0.5) is 9.39 Å². The Balaban J connectivity index is 1.46. The molecule has 8 nitrogen and oxygen atoms in total. The van der Waals surface area contributed by atoms with E-state index in [2.05, 4.69) is 15.5 Å². The van der Waals surface area contributed by atoms with Crippen molar-refractivity contribution in [1.82, 2.24) is 14.8 Å². The molecule has 4 aromatic rings. The summed E-state index contributed by atoms with van der Waals surface area (Å²) in [5, 5.41) is 14.7. The summed E-state index contributed by atoms with van der Waals surface area (Å²) in [5.41, 5.74) is 1.68. The van der Waals surface area contributed by atoms with E-state index in [0.29, 0.717) is 38.9 Å². The highest BCUT2D eigenvalue weighted by Gasteiger charge is 2.24. The Bertz CT molecular complexity index is 1490. The molecule has 0 saturated heterocycles. The summed E-state index contributed by atoms with van der Waals surface area (Å²) in [5.74, 6) is -0.485. The Morgan fingerprint density at radius 1 is 1.18 bits per heavy atom. The van der Waals surface area contributed by atoms with Gasteiger partial charge in [0, 0.05) is 22.5 Å². The number of hydrogen-bond donors (Lipinski definition) is 1. The summed E-state index contributed by atoms with van der Waals surface area (Å²) in [6.45, 7) is 4.22. The number of nitrogens with one attached hydrogen (secondary N) is 1. The summed E-state index contributed by atoms with van der Waals surface area (Å²) < 4.78 is 26.0. The number of hydrogen-bond acceptors (Lipinski definition) is 8. The van der Waals surface area contributed by atoms with Crippen molar-refractivity contribution in [2.24, 2.45) is 0 Å². The standard InChI is InChI=1S/C26H23Cl2FN4O4S2/c1-4-33-23(14(2)37-20-10-9-17(29)11-19(20)28)31-32-26(33)39-13-21(34)30-24-22(25(35)36-3)18(12-38-24)15-5-7-16(27)8-6-15/h5-12,14H,4,13H2,1-3H3,(H,30,34). The highest BCUT2D eigenvalue weighted by molar-refractivity contribution is 7.99. The van der Waals surface area contributed by atoms with Gasteiger partial charge in [-0.25, -0.2) is 9.18 Å². The van der Waals surface area contributed by atoms with Gasteiger partial charge in [-0.15, -0.1) is 21.5 Å². The first-order valence-corrected chi connectivity index (χ1v) is 14.3. The highest BCUT2D eigenvalue weighted by atomic mass is 35.5. The van der Waals surface area contributed by atoms with E-state index in [0.717, 1.165) is 5.56 Å². The Kier molecular flexibility index (Phi) is 9.49. The molecule has 204 valence electrons. The number of halogens is 3. The van der Waals surface area contributed by atoms with Crippen molar-refractivity contribution < 1.29 is 23.5 Å². The smallest absolute Gasteiger partial charge is 0.341 e. The largest absolute Gasteiger partial charge is 0.481 e. The number of rotatable bonds is 10. The number of anilines is 1. The maximum Gasteiger partial charge on any atom is 0.341 e. The van der Waals surface area contributed by atoms with Gasteiger partial charge in [-0.1, -0.05) is 47.1 Å². The molecule has 0 saturated carbocycles. The lowest BCUT2D eigenvalue weighted by atomic mass is 10.0. The minimum atomic E-state index is -0.560. The lowest BCUT2D eigenvalue weighted by Crippen LogP contribution is -2.17. The van der Waals surface area contributed by atoms with Gasteiger partial charge in [-0.2, -0.15) is 0 Å². The molecule has 0 fully saturated rings. The van der Waals surface area contributed by atoms with Gasteiger partial charge in [0.1, 0.15) is 22.1 Å². The third-order valence-corrected chi connectivity index (χ3v) is 7.95. The molecule has 1 N–H and O–H groups in total. The molecule has 0 bridgehead atoms. The maximum atomic E-state index is 13.4. The summed E-state index contributed by atoms with van der Waals surface area (Å²) in [6.07, 6.45) is -0.538. The van der Waals surface area contributed by atoms with E-state index in [4.69, 9.17) is 32.7 Å². The topological polar surface area (TPSA) is 95.3 Å². The van der Waals surface area contributed by atoms with Crippen LogP contribution in [0.5, 0.6) is 5.75 Å². The van der Waals surface area contributed by atoms with Crippen molar-refractivity contribution in [1.29, 1.82) is 0 Å². The number of benzene rings is 2. The van der Waals surface area contributed by atoms with Crippen LogP contribution in [-0.2, 0) is 16.1 Å². The zero-order valence-electron chi connectivity index (χ0n) is 21.0. The molecule has 1 unspecified atom stereocenters. The number of amides is 1. The van der Waals surface area contributed by atoms with Crippen LogP contribution in [0.15, 0.2) is 53.0 Å². The molecule has 0 aliphatic heterocycles. The Morgan fingerprint density at radius 3 is 2.59 bits per heavy atom. The molecule has 1 amide bonds.